The maximum absolute atomic E-state index is 12.4. The molecule has 0 aliphatic heterocycles. The number of benzene rings is 1. The number of aromatic nitrogens is 5. The quantitative estimate of drug-likeness (QED) is 0.454. The maximum Gasteiger partial charge on any atom is 0.387 e. The number of hydrogen-bond donors (Lipinski definition) is 2. The molecule has 0 saturated heterocycles. The Hall–Kier alpha value is -3.15. The lowest BCUT2D eigenvalue weighted by atomic mass is 10.3. The molecule has 1 aromatic carbocycles. The fourth-order valence-corrected chi connectivity index (χ4v) is 3.08. The fraction of sp³-hybridized carbons (Fsp3) is 0.250. The number of rotatable bonds is 7. The van der Waals surface area contributed by atoms with Crippen LogP contribution in [0.25, 0.3) is 5.95 Å². The molecule has 3 rings (SSSR count). The number of nitrogens with one attached hydrogen (secondary N) is 1. The number of nitrogens with zero attached hydrogens (tertiary/aromatic N) is 5. The van der Waals surface area contributed by atoms with Crippen LogP contribution in [0.2, 0.25) is 0 Å². The third kappa shape index (κ3) is 4.39. The Morgan fingerprint density at radius 2 is 2.07 bits per heavy atom. The second-order valence-corrected chi connectivity index (χ2v) is 6.65. The standard InChI is InChI=1S/C16H17F2N7O2S/c1-9-7-10(2)25(23-9)15-21-22-16(24(15)19)28-8-13(26)20-11-5-3-4-6-12(11)27-14(17)18/h3-7,14H,8,19H2,1-2H3,(H,20,26). The molecular formula is C16H17F2N7O2S. The number of thioether (sulfide) groups is 1. The van der Waals surface area contributed by atoms with E-state index in [9.17, 15) is 13.6 Å². The van der Waals surface area contributed by atoms with Crippen molar-refractivity contribution in [3.63, 3.8) is 0 Å². The van der Waals surface area contributed by atoms with Crippen LogP contribution in [-0.2, 0) is 4.79 Å². The highest BCUT2D eigenvalue weighted by Gasteiger charge is 2.17. The maximum atomic E-state index is 12.4. The van der Waals surface area contributed by atoms with Crippen LogP contribution < -0.4 is 15.9 Å². The summed E-state index contributed by atoms with van der Waals surface area (Å²) in [5, 5.41) is 15.1. The summed E-state index contributed by atoms with van der Waals surface area (Å²) >= 11 is 1.04. The molecule has 9 nitrogen and oxygen atoms in total. The Balaban J connectivity index is 1.65. The number of amides is 1. The van der Waals surface area contributed by atoms with Crippen molar-refractivity contribution in [3.05, 3.63) is 41.7 Å². The number of ether oxygens (including phenoxy) is 1. The van der Waals surface area contributed by atoms with Gasteiger partial charge < -0.3 is 15.9 Å². The lowest BCUT2D eigenvalue weighted by Gasteiger charge is -2.11. The first-order chi connectivity index (χ1) is 13.3. The van der Waals surface area contributed by atoms with Crippen LogP contribution in [0.5, 0.6) is 5.75 Å². The van der Waals surface area contributed by atoms with Gasteiger partial charge in [0.05, 0.1) is 17.1 Å². The molecule has 2 aromatic heterocycles. The number of hydrogen-bond acceptors (Lipinski definition) is 7. The molecule has 0 spiro atoms. The summed E-state index contributed by atoms with van der Waals surface area (Å²) in [6, 6.07) is 7.80. The van der Waals surface area contributed by atoms with Crippen LogP contribution in [0.4, 0.5) is 14.5 Å². The van der Waals surface area contributed by atoms with Crippen LogP contribution in [0.15, 0.2) is 35.5 Å². The minimum atomic E-state index is -2.99. The van der Waals surface area contributed by atoms with Crippen LogP contribution in [-0.4, -0.2) is 42.9 Å². The second kappa shape index (κ2) is 8.25. The highest BCUT2D eigenvalue weighted by atomic mass is 32.2. The van der Waals surface area contributed by atoms with Gasteiger partial charge in [0.2, 0.25) is 11.1 Å². The Bertz CT molecular complexity index is 989. The molecule has 2 heterocycles. The number of nitrogens with two attached hydrogens (primary N) is 1. The van der Waals surface area contributed by atoms with Gasteiger partial charge >= 0.3 is 6.61 Å². The van der Waals surface area contributed by atoms with Crippen LogP contribution in [0.1, 0.15) is 11.4 Å². The van der Waals surface area contributed by atoms with Crippen molar-refractivity contribution in [1.82, 2.24) is 24.7 Å². The van der Waals surface area contributed by atoms with Gasteiger partial charge in [-0.2, -0.15) is 13.9 Å². The summed E-state index contributed by atoms with van der Waals surface area (Å²) in [5.41, 5.74) is 1.78. The predicted octanol–water partition coefficient (Wildman–Crippen LogP) is 2.13. The van der Waals surface area contributed by atoms with Crippen molar-refractivity contribution >= 4 is 23.4 Å². The summed E-state index contributed by atoms with van der Waals surface area (Å²) < 4.78 is 32.0. The van der Waals surface area contributed by atoms with E-state index < -0.39 is 12.5 Å². The molecule has 3 aromatic rings. The van der Waals surface area contributed by atoms with E-state index in [1.54, 1.807) is 10.7 Å². The van der Waals surface area contributed by atoms with Gasteiger partial charge in [-0.25, -0.2) is 9.36 Å². The summed E-state index contributed by atoms with van der Waals surface area (Å²) in [6.07, 6.45) is 0. The minimum Gasteiger partial charge on any atom is -0.433 e. The van der Waals surface area contributed by atoms with Gasteiger partial charge in [-0.3, -0.25) is 4.79 Å². The first-order valence-corrected chi connectivity index (χ1v) is 9.04. The topological polar surface area (TPSA) is 113 Å². The van der Waals surface area contributed by atoms with E-state index in [2.05, 4.69) is 25.3 Å². The average Bonchev–Trinajstić information content (AvgIpc) is 3.15. The molecule has 0 saturated carbocycles. The molecule has 0 atom stereocenters. The third-order valence-corrected chi connectivity index (χ3v) is 4.50. The Morgan fingerprint density at radius 1 is 1.32 bits per heavy atom. The molecular weight excluding hydrogens is 392 g/mol. The second-order valence-electron chi connectivity index (χ2n) is 5.70. The molecule has 0 bridgehead atoms. The van der Waals surface area contributed by atoms with E-state index in [1.165, 1.54) is 22.9 Å². The monoisotopic (exact) mass is 409 g/mol. The van der Waals surface area contributed by atoms with Crippen LogP contribution in [0.3, 0.4) is 0 Å². The molecule has 148 valence electrons. The number of carbonyl (C=O) groups is 1. The van der Waals surface area contributed by atoms with Crippen molar-refractivity contribution in [2.24, 2.45) is 0 Å². The van der Waals surface area contributed by atoms with Crippen LogP contribution in [0, 0.1) is 13.8 Å². The smallest absolute Gasteiger partial charge is 0.387 e. The van der Waals surface area contributed by atoms with Crippen molar-refractivity contribution in [1.29, 1.82) is 0 Å². The molecule has 1 amide bonds. The normalized spacial score (nSPS) is 11.0. The number of nitrogen functional groups attached to an aromatic ring is 1. The number of halogens is 2. The van der Waals surface area contributed by atoms with Gasteiger partial charge in [-0.05, 0) is 32.0 Å². The molecule has 0 unspecified atom stereocenters. The lowest BCUT2D eigenvalue weighted by molar-refractivity contribution is -0.113. The zero-order chi connectivity index (χ0) is 20.3. The van der Waals surface area contributed by atoms with E-state index in [4.69, 9.17) is 5.84 Å². The van der Waals surface area contributed by atoms with Crippen molar-refractivity contribution in [2.75, 3.05) is 16.9 Å². The summed E-state index contributed by atoms with van der Waals surface area (Å²) in [4.78, 5) is 12.2. The first kappa shape index (κ1) is 19.6. The van der Waals surface area contributed by atoms with Gasteiger partial charge in [-0.1, -0.05) is 23.9 Å². The van der Waals surface area contributed by atoms with Gasteiger partial charge in [-0.15, -0.1) is 10.2 Å². The number of carbonyl (C=O) groups excluding carboxylic acids is 1. The highest BCUT2D eigenvalue weighted by Crippen LogP contribution is 2.26. The van der Waals surface area contributed by atoms with Gasteiger partial charge in [0.15, 0.2) is 0 Å². The summed E-state index contributed by atoms with van der Waals surface area (Å²) in [5.74, 6) is 5.70. The third-order valence-electron chi connectivity index (χ3n) is 3.56. The predicted molar refractivity (Wildman–Crippen MR) is 99.2 cm³/mol. The largest absolute Gasteiger partial charge is 0.433 e. The highest BCUT2D eigenvalue weighted by molar-refractivity contribution is 7.99. The SMILES string of the molecule is Cc1cc(C)n(-c2nnc(SCC(=O)Nc3ccccc3OC(F)F)n2N)n1. The van der Waals surface area contributed by atoms with Gasteiger partial charge in [0.1, 0.15) is 5.75 Å². The molecule has 0 radical (unpaired) electrons. The van der Waals surface area contributed by atoms with E-state index in [0.717, 1.165) is 23.1 Å². The lowest BCUT2D eigenvalue weighted by Crippen LogP contribution is -2.19. The van der Waals surface area contributed by atoms with E-state index in [1.807, 2.05) is 19.9 Å². The van der Waals surface area contributed by atoms with E-state index in [-0.39, 0.29) is 17.2 Å². The zero-order valence-electron chi connectivity index (χ0n) is 15.0. The van der Waals surface area contributed by atoms with Crippen molar-refractivity contribution < 1.29 is 18.3 Å². The molecule has 0 fully saturated rings. The first-order valence-electron chi connectivity index (χ1n) is 8.05. The number of alkyl halides is 2. The Morgan fingerprint density at radius 3 is 2.75 bits per heavy atom. The number of aryl methyl sites for hydroxylation is 2. The molecule has 28 heavy (non-hydrogen) atoms. The average molecular weight is 409 g/mol. The van der Waals surface area contributed by atoms with Crippen LogP contribution >= 0.6 is 11.8 Å². The van der Waals surface area contributed by atoms with Gasteiger partial charge in [0, 0.05) is 5.69 Å². The Kier molecular flexibility index (Phi) is 5.78. The van der Waals surface area contributed by atoms with Crippen molar-refractivity contribution in [3.8, 4) is 11.7 Å². The summed E-state index contributed by atoms with van der Waals surface area (Å²) in [7, 11) is 0. The van der Waals surface area contributed by atoms with Crippen molar-refractivity contribution in [2.45, 2.75) is 25.6 Å². The minimum absolute atomic E-state index is 0.0601. The zero-order valence-corrected chi connectivity index (χ0v) is 15.8. The van der Waals surface area contributed by atoms with E-state index >= 15 is 0 Å². The fourth-order valence-electron chi connectivity index (χ4n) is 2.43. The summed E-state index contributed by atoms with van der Waals surface area (Å²) in [6.45, 7) is 0.709. The Labute approximate surface area is 162 Å². The van der Waals surface area contributed by atoms with E-state index in [0.29, 0.717) is 11.1 Å². The van der Waals surface area contributed by atoms with Gasteiger partial charge in [0.25, 0.3) is 5.95 Å². The molecule has 3 N–H and O–H groups in total. The number of anilines is 1. The number of para-hydroxylation sites is 2. The molecule has 0 aliphatic rings. The molecule has 12 heteroatoms. The molecule has 0 aliphatic carbocycles.